The molecule has 2 heterocycles. The molecule has 1 aliphatic carbocycles. The molecule has 2 aliphatic rings. The second kappa shape index (κ2) is 9.12. The number of fused-ring (bicyclic) bond motifs is 3. The Balaban J connectivity index is 1.26. The summed E-state index contributed by atoms with van der Waals surface area (Å²) in [5.74, 6) is -1.79. The molecule has 180 valence electrons. The molecule has 1 aromatic heterocycles. The fourth-order valence-electron chi connectivity index (χ4n) is 4.77. The van der Waals surface area contributed by atoms with Crippen LogP contribution >= 0.6 is 11.3 Å². The summed E-state index contributed by atoms with van der Waals surface area (Å²) >= 11 is 0.944. The van der Waals surface area contributed by atoms with E-state index in [0.717, 1.165) is 38.5 Å². The predicted molar refractivity (Wildman–Crippen MR) is 129 cm³/mol. The van der Waals surface area contributed by atoms with Crippen LogP contribution in [0.2, 0.25) is 0 Å². The van der Waals surface area contributed by atoms with E-state index in [9.17, 15) is 24.6 Å². The average Bonchev–Trinajstić information content (AvgIpc) is 3.50. The van der Waals surface area contributed by atoms with Gasteiger partial charge in [0.25, 0.3) is 5.91 Å². The molecule has 10 heteroatoms. The summed E-state index contributed by atoms with van der Waals surface area (Å²) in [6.07, 6.45) is -1.62. The highest BCUT2D eigenvalue weighted by Crippen LogP contribution is 2.44. The zero-order chi connectivity index (χ0) is 24.7. The van der Waals surface area contributed by atoms with Crippen LogP contribution in [0.3, 0.4) is 0 Å². The van der Waals surface area contributed by atoms with Crippen LogP contribution in [0.4, 0.5) is 9.93 Å². The van der Waals surface area contributed by atoms with Gasteiger partial charge in [0.2, 0.25) is 0 Å². The molecule has 0 radical (unpaired) electrons. The molecule has 1 aliphatic heterocycles. The number of hydrogen-bond acceptors (Lipinski definition) is 7. The van der Waals surface area contributed by atoms with Crippen LogP contribution in [0.5, 0.6) is 0 Å². The summed E-state index contributed by atoms with van der Waals surface area (Å²) in [6.45, 7) is 1.68. The molecule has 3 N–H and O–H groups in total. The highest BCUT2D eigenvalue weighted by Gasteiger charge is 2.40. The Morgan fingerprint density at radius 2 is 1.74 bits per heavy atom. The van der Waals surface area contributed by atoms with Crippen LogP contribution in [-0.4, -0.2) is 63.4 Å². The number of β-amino-alcohol motifs (C(OH)–C–C–N with tert-alkyl or cyclic N) is 1. The first-order valence-electron chi connectivity index (χ1n) is 11.1. The Bertz CT molecular complexity index is 1280. The van der Waals surface area contributed by atoms with E-state index in [2.05, 4.69) is 22.4 Å². The first kappa shape index (κ1) is 23.0. The standard InChI is InChI=1S/C25H23N3O6S/c1-13-21(22(30)28-11-14(29)10-20(28)23(31)32)35-24(26-13)27-25(33)34-12-19-17-8-4-2-6-15(17)16-7-3-5-9-18(16)19/h2-9,14,19-20,29H,10-12H2,1H3,(H,31,32)(H,26,27,33)/t14-,20+/m1/s1. The van der Waals surface area contributed by atoms with Crippen LogP contribution in [0.1, 0.15) is 38.8 Å². The van der Waals surface area contributed by atoms with Crippen molar-refractivity contribution < 1.29 is 29.3 Å². The van der Waals surface area contributed by atoms with Gasteiger partial charge in [0, 0.05) is 18.9 Å². The third-order valence-corrected chi connectivity index (χ3v) is 7.43. The Kier molecular flexibility index (Phi) is 6.00. The number of amides is 2. The molecule has 0 unspecified atom stereocenters. The Labute approximate surface area is 205 Å². The second-order valence-electron chi connectivity index (χ2n) is 8.59. The summed E-state index contributed by atoms with van der Waals surface area (Å²) in [5, 5.41) is 22.0. The number of likely N-dealkylation sites (tertiary alicyclic amines) is 1. The molecule has 0 saturated carbocycles. The summed E-state index contributed by atoms with van der Waals surface area (Å²) in [6, 6.07) is 15.0. The molecule has 2 amide bonds. The third kappa shape index (κ3) is 4.26. The first-order valence-corrected chi connectivity index (χ1v) is 12.0. The normalized spacial score (nSPS) is 18.7. The zero-order valence-electron chi connectivity index (χ0n) is 18.8. The topological polar surface area (TPSA) is 129 Å². The Morgan fingerprint density at radius 3 is 2.37 bits per heavy atom. The van der Waals surface area contributed by atoms with Crippen LogP contribution in [0.25, 0.3) is 11.1 Å². The Morgan fingerprint density at radius 1 is 1.11 bits per heavy atom. The number of carbonyl (C=O) groups excluding carboxylic acids is 2. The summed E-state index contributed by atoms with van der Waals surface area (Å²) < 4.78 is 5.53. The van der Waals surface area contributed by atoms with E-state index in [1.807, 2.05) is 36.4 Å². The summed E-state index contributed by atoms with van der Waals surface area (Å²) in [7, 11) is 0. The zero-order valence-corrected chi connectivity index (χ0v) is 19.6. The van der Waals surface area contributed by atoms with Gasteiger partial charge in [-0.25, -0.2) is 14.6 Å². The van der Waals surface area contributed by atoms with Gasteiger partial charge in [-0.05, 0) is 29.2 Å². The van der Waals surface area contributed by atoms with Gasteiger partial charge in [0.1, 0.15) is 17.5 Å². The van der Waals surface area contributed by atoms with Gasteiger partial charge in [-0.15, -0.1) is 0 Å². The highest BCUT2D eigenvalue weighted by molar-refractivity contribution is 7.17. The van der Waals surface area contributed by atoms with Crippen LogP contribution < -0.4 is 5.32 Å². The molecular formula is C25H23N3O6S. The quantitative estimate of drug-likeness (QED) is 0.496. The maximum Gasteiger partial charge on any atom is 0.413 e. The van der Waals surface area contributed by atoms with Gasteiger partial charge in [-0.1, -0.05) is 59.9 Å². The number of thiazole rings is 1. The molecule has 9 nitrogen and oxygen atoms in total. The van der Waals surface area contributed by atoms with Gasteiger partial charge in [0.05, 0.1) is 11.8 Å². The highest BCUT2D eigenvalue weighted by atomic mass is 32.1. The van der Waals surface area contributed by atoms with Crippen molar-refractivity contribution in [2.24, 2.45) is 0 Å². The molecule has 0 bridgehead atoms. The fourth-order valence-corrected chi connectivity index (χ4v) is 5.68. The number of benzene rings is 2. The van der Waals surface area contributed by atoms with Crippen molar-refractivity contribution in [1.29, 1.82) is 0 Å². The number of nitrogens with zero attached hydrogens (tertiary/aromatic N) is 2. The number of aliphatic hydroxyl groups is 1. The number of hydrogen-bond donors (Lipinski definition) is 3. The molecule has 35 heavy (non-hydrogen) atoms. The van der Waals surface area contributed by atoms with E-state index < -0.39 is 30.1 Å². The van der Waals surface area contributed by atoms with Crippen molar-refractivity contribution in [3.05, 3.63) is 70.2 Å². The second-order valence-corrected chi connectivity index (χ2v) is 9.58. The van der Waals surface area contributed by atoms with Crippen molar-refractivity contribution in [3.8, 4) is 11.1 Å². The molecule has 0 spiro atoms. The SMILES string of the molecule is Cc1nc(NC(=O)OCC2c3ccccc3-c3ccccc32)sc1C(=O)N1C[C@H](O)C[C@H]1C(=O)O. The number of carboxylic acid groups (broad SMARTS) is 1. The minimum absolute atomic E-state index is 0.0240. The summed E-state index contributed by atoms with van der Waals surface area (Å²) in [4.78, 5) is 42.5. The van der Waals surface area contributed by atoms with Gasteiger partial charge in [-0.3, -0.25) is 10.1 Å². The number of aromatic nitrogens is 1. The van der Waals surface area contributed by atoms with Crippen molar-refractivity contribution in [3.63, 3.8) is 0 Å². The molecular weight excluding hydrogens is 470 g/mol. The van der Waals surface area contributed by atoms with Gasteiger partial charge in [-0.2, -0.15) is 0 Å². The lowest BCUT2D eigenvalue weighted by molar-refractivity contribution is -0.141. The largest absolute Gasteiger partial charge is 0.480 e. The smallest absolute Gasteiger partial charge is 0.413 e. The maximum atomic E-state index is 12.9. The fraction of sp³-hybridized carbons (Fsp3) is 0.280. The van der Waals surface area contributed by atoms with Gasteiger partial charge >= 0.3 is 12.1 Å². The van der Waals surface area contributed by atoms with E-state index in [0.29, 0.717) is 5.69 Å². The van der Waals surface area contributed by atoms with E-state index in [1.165, 1.54) is 0 Å². The molecule has 3 aromatic rings. The summed E-state index contributed by atoms with van der Waals surface area (Å²) in [5.41, 5.74) is 4.81. The lowest BCUT2D eigenvalue weighted by atomic mass is 9.98. The lowest BCUT2D eigenvalue weighted by Gasteiger charge is -2.20. The van der Waals surface area contributed by atoms with E-state index in [1.54, 1.807) is 6.92 Å². The molecule has 5 rings (SSSR count). The predicted octanol–water partition coefficient (Wildman–Crippen LogP) is 3.47. The Hall–Kier alpha value is -3.76. The van der Waals surface area contributed by atoms with Gasteiger partial charge in [0.15, 0.2) is 5.13 Å². The number of anilines is 1. The van der Waals surface area contributed by atoms with Crippen molar-refractivity contribution in [1.82, 2.24) is 9.88 Å². The number of aliphatic hydroxyl groups excluding tert-OH is 1. The number of carbonyl (C=O) groups is 3. The van der Waals surface area contributed by atoms with Crippen LogP contribution in [-0.2, 0) is 9.53 Å². The molecule has 2 atom stereocenters. The van der Waals surface area contributed by atoms with Crippen molar-refractivity contribution in [2.75, 3.05) is 18.5 Å². The number of nitrogens with one attached hydrogen (secondary N) is 1. The van der Waals surface area contributed by atoms with Crippen LogP contribution in [0, 0.1) is 6.92 Å². The monoisotopic (exact) mass is 493 g/mol. The average molecular weight is 494 g/mol. The van der Waals surface area contributed by atoms with Crippen LogP contribution in [0.15, 0.2) is 48.5 Å². The number of aryl methyl sites for hydroxylation is 1. The van der Waals surface area contributed by atoms with Gasteiger partial charge < -0.3 is 19.8 Å². The number of carboxylic acids is 1. The molecule has 2 aromatic carbocycles. The molecule has 1 saturated heterocycles. The van der Waals surface area contributed by atoms with Crippen molar-refractivity contribution in [2.45, 2.75) is 31.4 Å². The number of ether oxygens (including phenoxy) is 1. The number of rotatable bonds is 5. The first-order chi connectivity index (χ1) is 16.8. The van der Waals surface area contributed by atoms with E-state index in [4.69, 9.17) is 4.74 Å². The third-order valence-electron chi connectivity index (χ3n) is 6.37. The lowest BCUT2D eigenvalue weighted by Crippen LogP contribution is -2.40. The minimum atomic E-state index is -1.17. The molecule has 1 fully saturated rings. The number of aliphatic carboxylic acids is 1. The van der Waals surface area contributed by atoms with E-state index in [-0.39, 0.29) is 35.5 Å². The van der Waals surface area contributed by atoms with E-state index >= 15 is 0 Å². The minimum Gasteiger partial charge on any atom is -0.480 e. The van der Waals surface area contributed by atoms with Crippen molar-refractivity contribution >= 4 is 34.4 Å². The maximum absolute atomic E-state index is 12.9.